The third-order valence-electron chi connectivity index (χ3n) is 3.65. The number of rotatable bonds is 5. The zero-order valence-corrected chi connectivity index (χ0v) is 11.8. The van der Waals surface area contributed by atoms with Crippen LogP contribution in [0.2, 0.25) is 0 Å². The molecular formula is C15H18N2O4. The molecule has 1 aliphatic rings. The van der Waals surface area contributed by atoms with E-state index in [0.717, 1.165) is 5.56 Å². The van der Waals surface area contributed by atoms with Crippen LogP contribution in [0.25, 0.3) is 0 Å². The topological polar surface area (TPSA) is 95.5 Å². The minimum atomic E-state index is -0.957. The van der Waals surface area contributed by atoms with Crippen molar-refractivity contribution in [1.82, 2.24) is 10.6 Å². The molecule has 1 heterocycles. The summed E-state index contributed by atoms with van der Waals surface area (Å²) in [6, 6.07) is 8.55. The molecule has 1 fully saturated rings. The average Bonchev–Trinajstić information content (AvgIpc) is 2.42. The standard InChI is InChI=1S/C15H18N2O4/c1-15(9-13(19)20,10-5-3-2-4-6-10)17-11-7-8-12(18)16-14(11)21/h2-6,11,17H,7-9H2,1H3,(H,19,20)(H,16,18,21). The van der Waals surface area contributed by atoms with Gasteiger partial charge in [0.05, 0.1) is 18.0 Å². The summed E-state index contributed by atoms with van der Waals surface area (Å²) >= 11 is 0. The molecule has 1 aliphatic heterocycles. The number of carboxylic acid groups (broad SMARTS) is 1. The maximum absolute atomic E-state index is 11.9. The number of amides is 2. The quantitative estimate of drug-likeness (QED) is 0.696. The van der Waals surface area contributed by atoms with E-state index in [0.29, 0.717) is 6.42 Å². The third-order valence-corrected chi connectivity index (χ3v) is 3.65. The van der Waals surface area contributed by atoms with Crippen LogP contribution in [0.1, 0.15) is 31.7 Å². The Morgan fingerprint density at radius 3 is 2.62 bits per heavy atom. The first-order valence-corrected chi connectivity index (χ1v) is 6.79. The van der Waals surface area contributed by atoms with Gasteiger partial charge in [0.25, 0.3) is 0 Å². The molecule has 21 heavy (non-hydrogen) atoms. The highest BCUT2D eigenvalue weighted by atomic mass is 16.4. The van der Waals surface area contributed by atoms with E-state index in [9.17, 15) is 14.4 Å². The van der Waals surface area contributed by atoms with Crippen molar-refractivity contribution in [2.75, 3.05) is 0 Å². The second-order valence-electron chi connectivity index (χ2n) is 5.42. The van der Waals surface area contributed by atoms with Gasteiger partial charge in [-0.3, -0.25) is 25.0 Å². The van der Waals surface area contributed by atoms with Crippen LogP contribution in [-0.2, 0) is 19.9 Å². The molecule has 112 valence electrons. The lowest BCUT2D eigenvalue weighted by atomic mass is 9.86. The number of carbonyl (C=O) groups excluding carboxylic acids is 2. The number of imide groups is 1. The Bertz CT molecular complexity index is 558. The van der Waals surface area contributed by atoms with Crippen LogP contribution in [0.3, 0.4) is 0 Å². The smallest absolute Gasteiger partial charge is 0.305 e. The Kier molecular flexibility index (Phi) is 4.37. The van der Waals surface area contributed by atoms with Crippen LogP contribution in [0.15, 0.2) is 30.3 Å². The molecule has 0 bridgehead atoms. The van der Waals surface area contributed by atoms with Crippen molar-refractivity contribution in [3.63, 3.8) is 0 Å². The van der Waals surface area contributed by atoms with Gasteiger partial charge < -0.3 is 5.11 Å². The van der Waals surface area contributed by atoms with Crippen molar-refractivity contribution in [3.8, 4) is 0 Å². The molecule has 2 atom stereocenters. The number of hydrogen-bond donors (Lipinski definition) is 3. The van der Waals surface area contributed by atoms with Gasteiger partial charge in [-0.25, -0.2) is 0 Å². The number of nitrogens with one attached hydrogen (secondary N) is 2. The van der Waals surface area contributed by atoms with E-state index in [1.165, 1.54) is 0 Å². The van der Waals surface area contributed by atoms with Crippen molar-refractivity contribution < 1.29 is 19.5 Å². The highest BCUT2D eigenvalue weighted by Crippen LogP contribution is 2.26. The lowest BCUT2D eigenvalue weighted by molar-refractivity contribution is -0.140. The van der Waals surface area contributed by atoms with Gasteiger partial charge in [0.15, 0.2) is 0 Å². The van der Waals surface area contributed by atoms with Gasteiger partial charge in [-0.05, 0) is 18.9 Å². The van der Waals surface area contributed by atoms with E-state index in [2.05, 4.69) is 10.6 Å². The van der Waals surface area contributed by atoms with Crippen LogP contribution in [0.5, 0.6) is 0 Å². The number of benzene rings is 1. The highest BCUT2D eigenvalue weighted by Gasteiger charge is 2.36. The summed E-state index contributed by atoms with van der Waals surface area (Å²) in [5.41, 5.74) is -0.0905. The predicted molar refractivity (Wildman–Crippen MR) is 75.4 cm³/mol. The van der Waals surface area contributed by atoms with E-state index in [4.69, 9.17) is 5.11 Å². The fourth-order valence-corrected chi connectivity index (χ4v) is 2.56. The maximum Gasteiger partial charge on any atom is 0.305 e. The molecule has 2 rings (SSSR count). The molecule has 1 aromatic carbocycles. The molecular weight excluding hydrogens is 272 g/mol. The van der Waals surface area contributed by atoms with Crippen LogP contribution in [-0.4, -0.2) is 28.9 Å². The lowest BCUT2D eigenvalue weighted by Gasteiger charge is -2.35. The van der Waals surface area contributed by atoms with E-state index >= 15 is 0 Å². The summed E-state index contributed by atoms with van der Waals surface area (Å²) in [7, 11) is 0. The number of carboxylic acids is 1. The number of piperidine rings is 1. The molecule has 0 spiro atoms. The summed E-state index contributed by atoms with van der Waals surface area (Å²) in [6.45, 7) is 1.75. The summed E-state index contributed by atoms with van der Waals surface area (Å²) in [5.74, 6) is -1.65. The maximum atomic E-state index is 11.9. The SMILES string of the molecule is CC(CC(=O)O)(NC1CCC(=O)NC1=O)c1ccccc1. The van der Waals surface area contributed by atoms with Crippen molar-refractivity contribution in [2.45, 2.75) is 37.8 Å². The largest absolute Gasteiger partial charge is 0.481 e. The van der Waals surface area contributed by atoms with Crippen molar-refractivity contribution >= 4 is 17.8 Å². The lowest BCUT2D eigenvalue weighted by Crippen LogP contribution is -2.56. The zero-order valence-electron chi connectivity index (χ0n) is 11.8. The first kappa shape index (κ1) is 15.2. The van der Waals surface area contributed by atoms with Gasteiger partial charge in [-0.15, -0.1) is 0 Å². The predicted octanol–water partition coefficient (Wildman–Crippen LogP) is 0.771. The zero-order chi connectivity index (χ0) is 15.5. The Morgan fingerprint density at radius 2 is 2.05 bits per heavy atom. The summed E-state index contributed by atoms with van der Waals surface area (Å²) in [6.07, 6.45) is 0.461. The molecule has 0 aliphatic carbocycles. The molecule has 1 saturated heterocycles. The van der Waals surface area contributed by atoms with E-state index < -0.39 is 23.5 Å². The van der Waals surface area contributed by atoms with Crippen LogP contribution in [0.4, 0.5) is 0 Å². The van der Waals surface area contributed by atoms with Crippen molar-refractivity contribution in [1.29, 1.82) is 0 Å². The summed E-state index contributed by atoms with van der Waals surface area (Å²) in [5, 5.41) is 14.5. The van der Waals surface area contributed by atoms with E-state index in [1.54, 1.807) is 6.92 Å². The second-order valence-corrected chi connectivity index (χ2v) is 5.42. The highest BCUT2D eigenvalue weighted by molar-refractivity contribution is 6.00. The molecule has 6 heteroatoms. The Balaban J connectivity index is 2.23. The molecule has 2 unspecified atom stereocenters. The number of carbonyl (C=O) groups is 3. The molecule has 3 N–H and O–H groups in total. The van der Waals surface area contributed by atoms with E-state index in [-0.39, 0.29) is 18.7 Å². The normalized spacial score (nSPS) is 21.5. The van der Waals surface area contributed by atoms with Gasteiger partial charge in [0.1, 0.15) is 0 Å². The third kappa shape index (κ3) is 3.66. The fourth-order valence-electron chi connectivity index (χ4n) is 2.56. The molecule has 0 aromatic heterocycles. The van der Waals surface area contributed by atoms with Gasteiger partial charge in [-0.2, -0.15) is 0 Å². The first-order valence-electron chi connectivity index (χ1n) is 6.79. The van der Waals surface area contributed by atoms with Gasteiger partial charge in [0, 0.05) is 6.42 Å². The Labute approximate surface area is 122 Å². The summed E-state index contributed by atoms with van der Waals surface area (Å²) in [4.78, 5) is 34.2. The van der Waals surface area contributed by atoms with Gasteiger partial charge >= 0.3 is 5.97 Å². The minimum absolute atomic E-state index is 0.158. The van der Waals surface area contributed by atoms with Crippen LogP contribution < -0.4 is 10.6 Å². The Morgan fingerprint density at radius 1 is 1.38 bits per heavy atom. The minimum Gasteiger partial charge on any atom is -0.481 e. The number of hydrogen-bond acceptors (Lipinski definition) is 4. The summed E-state index contributed by atoms with van der Waals surface area (Å²) < 4.78 is 0. The number of aliphatic carboxylic acids is 1. The van der Waals surface area contributed by atoms with Crippen LogP contribution in [0, 0.1) is 0 Å². The van der Waals surface area contributed by atoms with Gasteiger partial charge in [-0.1, -0.05) is 30.3 Å². The fraction of sp³-hybridized carbons (Fsp3) is 0.400. The molecule has 0 radical (unpaired) electrons. The van der Waals surface area contributed by atoms with Gasteiger partial charge in [0.2, 0.25) is 11.8 Å². The Hall–Kier alpha value is -2.21. The molecule has 2 amide bonds. The van der Waals surface area contributed by atoms with E-state index in [1.807, 2.05) is 30.3 Å². The average molecular weight is 290 g/mol. The monoisotopic (exact) mass is 290 g/mol. The molecule has 0 saturated carbocycles. The van der Waals surface area contributed by atoms with Crippen molar-refractivity contribution in [2.24, 2.45) is 0 Å². The molecule has 1 aromatic rings. The van der Waals surface area contributed by atoms with Crippen LogP contribution >= 0.6 is 0 Å². The first-order chi connectivity index (χ1) is 9.90. The van der Waals surface area contributed by atoms with Crippen molar-refractivity contribution in [3.05, 3.63) is 35.9 Å². The second kappa shape index (κ2) is 6.05. The molecule has 6 nitrogen and oxygen atoms in total.